The molecule has 1 fully saturated rings. The Morgan fingerprint density at radius 1 is 1.35 bits per heavy atom. The molecule has 2 N–H and O–H groups in total. The van der Waals surface area contributed by atoms with Crippen LogP contribution in [0.2, 0.25) is 0 Å². The second kappa shape index (κ2) is 9.50. The van der Waals surface area contributed by atoms with Crippen molar-refractivity contribution in [3.63, 3.8) is 0 Å². The normalized spacial score (nSPS) is 15.6. The number of nitrogens with zero attached hydrogens (tertiary/aromatic N) is 3. The van der Waals surface area contributed by atoms with E-state index in [1.165, 1.54) is 6.42 Å². The van der Waals surface area contributed by atoms with Crippen LogP contribution in [0, 0.1) is 6.92 Å². The molecule has 1 aliphatic rings. The summed E-state index contributed by atoms with van der Waals surface area (Å²) in [6, 6.07) is 0. The lowest BCUT2D eigenvalue weighted by Crippen LogP contribution is -2.41. The molecule has 0 bridgehead atoms. The summed E-state index contributed by atoms with van der Waals surface area (Å²) in [4.78, 5) is 22.9. The third-order valence-electron chi connectivity index (χ3n) is 3.77. The first kappa shape index (κ1) is 17.7. The van der Waals surface area contributed by atoms with Gasteiger partial charge in [0.2, 0.25) is 5.91 Å². The number of hydrogen-bond donors (Lipinski definition) is 2. The summed E-state index contributed by atoms with van der Waals surface area (Å²) in [5, 5.41) is 9.63. The predicted octanol–water partition coefficient (Wildman–Crippen LogP) is 1.56. The molecule has 0 aliphatic carbocycles. The number of carbonyl (C=O) groups excluding carboxylic acids is 1. The van der Waals surface area contributed by atoms with Gasteiger partial charge >= 0.3 is 0 Å². The first-order chi connectivity index (χ1) is 11.2. The first-order valence-electron chi connectivity index (χ1n) is 8.40. The van der Waals surface area contributed by atoms with Crippen LogP contribution in [0.1, 0.15) is 36.9 Å². The molecule has 1 aromatic rings. The van der Waals surface area contributed by atoms with E-state index in [1.54, 1.807) is 11.3 Å². The summed E-state index contributed by atoms with van der Waals surface area (Å²) in [6.07, 6.45) is 4.31. The minimum absolute atomic E-state index is 0.122. The highest BCUT2D eigenvalue weighted by atomic mass is 32.1. The molecule has 2 heterocycles. The van der Waals surface area contributed by atoms with Crippen LogP contribution >= 0.6 is 11.3 Å². The van der Waals surface area contributed by atoms with Gasteiger partial charge in [0.25, 0.3) is 0 Å². The van der Waals surface area contributed by atoms with E-state index in [4.69, 9.17) is 0 Å². The van der Waals surface area contributed by atoms with Crippen LogP contribution in [-0.4, -0.2) is 54.5 Å². The number of piperidine rings is 1. The number of likely N-dealkylation sites (tertiary alicyclic amines) is 1. The fourth-order valence-corrected chi connectivity index (χ4v) is 3.21. The van der Waals surface area contributed by atoms with Crippen molar-refractivity contribution < 1.29 is 4.79 Å². The van der Waals surface area contributed by atoms with Gasteiger partial charge in [-0.05, 0) is 33.1 Å². The van der Waals surface area contributed by atoms with Gasteiger partial charge in [0.1, 0.15) is 6.54 Å². The lowest BCUT2D eigenvalue weighted by atomic mass is 10.1. The minimum atomic E-state index is 0.122. The molecule has 128 valence electrons. The van der Waals surface area contributed by atoms with Crippen LogP contribution in [0.3, 0.4) is 0 Å². The zero-order chi connectivity index (χ0) is 16.5. The molecule has 2 rings (SSSR count). The Balaban J connectivity index is 1.77. The smallest absolute Gasteiger partial charge is 0.244 e. The van der Waals surface area contributed by atoms with Crippen molar-refractivity contribution in [3.8, 4) is 0 Å². The van der Waals surface area contributed by atoms with Gasteiger partial charge in [-0.15, -0.1) is 11.3 Å². The number of hydrogen-bond acceptors (Lipinski definition) is 4. The molecule has 0 radical (unpaired) electrons. The summed E-state index contributed by atoms with van der Waals surface area (Å²) in [6.45, 7) is 7.54. The third kappa shape index (κ3) is 6.17. The number of rotatable bonds is 6. The Morgan fingerprint density at radius 2 is 2.13 bits per heavy atom. The van der Waals surface area contributed by atoms with Crippen LogP contribution in [-0.2, 0) is 11.2 Å². The molecule has 1 amide bonds. The fraction of sp³-hybridized carbons (Fsp3) is 0.688. The zero-order valence-electron chi connectivity index (χ0n) is 14.1. The molecule has 1 saturated heterocycles. The largest absolute Gasteiger partial charge is 0.357 e. The summed E-state index contributed by atoms with van der Waals surface area (Å²) in [7, 11) is 0. The average molecular weight is 337 g/mol. The van der Waals surface area contributed by atoms with Crippen molar-refractivity contribution in [2.24, 2.45) is 4.99 Å². The van der Waals surface area contributed by atoms with E-state index in [9.17, 15) is 4.79 Å². The maximum atomic E-state index is 12.2. The second-order valence-electron chi connectivity index (χ2n) is 5.67. The highest BCUT2D eigenvalue weighted by Gasteiger charge is 2.15. The SMILES string of the molecule is CCNC(=NCC(=O)N1CCCCC1)NCCc1csc(C)n1. The predicted molar refractivity (Wildman–Crippen MR) is 95.0 cm³/mol. The number of aliphatic imine (C=N–C) groups is 1. The summed E-state index contributed by atoms with van der Waals surface area (Å²) in [5.41, 5.74) is 1.10. The molecule has 0 unspecified atom stereocenters. The lowest BCUT2D eigenvalue weighted by molar-refractivity contribution is -0.130. The van der Waals surface area contributed by atoms with Crippen molar-refractivity contribution >= 4 is 23.2 Å². The Bertz CT molecular complexity index is 522. The quantitative estimate of drug-likeness (QED) is 0.610. The van der Waals surface area contributed by atoms with E-state index in [-0.39, 0.29) is 12.5 Å². The topological polar surface area (TPSA) is 69.6 Å². The second-order valence-corrected chi connectivity index (χ2v) is 6.73. The molecule has 1 aliphatic heterocycles. The van der Waals surface area contributed by atoms with Crippen LogP contribution in [0.5, 0.6) is 0 Å². The lowest BCUT2D eigenvalue weighted by Gasteiger charge is -2.26. The zero-order valence-corrected chi connectivity index (χ0v) is 14.9. The summed E-state index contributed by atoms with van der Waals surface area (Å²) < 4.78 is 0. The van der Waals surface area contributed by atoms with Crippen molar-refractivity contribution in [1.82, 2.24) is 20.5 Å². The highest BCUT2D eigenvalue weighted by Crippen LogP contribution is 2.09. The van der Waals surface area contributed by atoms with E-state index in [0.29, 0.717) is 5.96 Å². The highest BCUT2D eigenvalue weighted by molar-refractivity contribution is 7.09. The molecule has 0 aromatic carbocycles. The number of carbonyl (C=O) groups is 1. The van der Waals surface area contributed by atoms with Gasteiger partial charge in [-0.25, -0.2) is 9.98 Å². The fourth-order valence-electron chi connectivity index (χ4n) is 2.56. The maximum absolute atomic E-state index is 12.2. The Kier molecular flexibility index (Phi) is 7.32. The van der Waals surface area contributed by atoms with Crippen molar-refractivity contribution in [2.75, 3.05) is 32.7 Å². The number of aromatic nitrogens is 1. The van der Waals surface area contributed by atoms with Crippen LogP contribution < -0.4 is 10.6 Å². The number of amides is 1. The Labute approximate surface area is 142 Å². The molecule has 0 saturated carbocycles. The van der Waals surface area contributed by atoms with Crippen molar-refractivity contribution in [2.45, 2.75) is 39.5 Å². The average Bonchev–Trinajstić information content (AvgIpc) is 2.98. The van der Waals surface area contributed by atoms with Crippen molar-refractivity contribution in [3.05, 3.63) is 16.1 Å². The van der Waals surface area contributed by atoms with E-state index in [2.05, 4.69) is 26.0 Å². The van der Waals surface area contributed by atoms with Gasteiger partial charge in [-0.3, -0.25) is 4.79 Å². The van der Waals surface area contributed by atoms with Gasteiger partial charge < -0.3 is 15.5 Å². The van der Waals surface area contributed by atoms with Crippen LogP contribution in [0.15, 0.2) is 10.4 Å². The molecule has 23 heavy (non-hydrogen) atoms. The standard InChI is InChI=1S/C16H27N5OS/c1-3-17-16(18-8-7-14-12-23-13(2)20-14)19-11-15(22)21-9-5-4-6-10-21/h12H,3-11H2,1-2H3,(H2,17,18,19). The molecule has 1 aromatic heterocycles. The van der Waals surface area contributed by atoms with E-state index < -0.39 is 0 Å². The van der Waals surface area contributed by atoms with Gasteiger partial charge in [0.05, 0.1) is 10.7 Å². The number of guanidine groups is 1. The monoisotopic (exact) mass is 337 g/mol. The molecule has 7 heteroatoms. The molecular weight excluding hydrogens is 310 g/mol. The van der Waals surface area contributed by atoms with E-state index >= 15 is 0 Å². The maximum Gasteiger partial charge on any atom is 0.244 e. The summed E-state index contributed by atoms with van der Waals surface area (Å²) in [5.74, 6) is 0.821. The van der Waals surface area contributed by atoms with Gasteiger partial charge in [0.15, 0.2) is 5.96 Å². The Morgan fingerprint density at radius 3 is 2.78 bits per heavy atom. The minimum Gasteiger partial charge on any atom is -0.357 e. The van der Waals surface area contributed by atoms with Gasteiger partial charge in [-0.2, -0.15) is 0 Å². The first-order valence-corrected chi connectivity index (χ1v) is 9.28. The van der Waals surface area contributed by atoms with Crippen LogP contribution in [0.4, 0.5) is 0 Å². The third-order valence-corrected chi connectivity index (χ3v) is 4.59. The van der Waals surface area contributed by atoms with E-state index in [1.807, 2.05) is 18.7 Å². The number of thiazole rings is 1. The van der Waals surface area contributed by atoms with E-state index in [0.717, 1.165) is 56.1 Å². The van der Waals surface area contributed by atoms with Crippen molar-refractivity contribution in [1.29, 1.82) is 0 Å². The number of aryl methyl sites for hydroxylation is 1. The van der Waals surface area contributed by atoms with Gasteiger partial charge in [-0.1, -0.05) is 0 Å². The molecular formula is C16H27N5OS. The Hall–Kier alpha value is -1.63. The molecule has 6 nitrogen and oxygen atoms in total. The molecule has 0 atom stereocenters. The summed E-state index contributed by atoms with van der Waals surface area (Å²) >= 11 is 1.67. The van der Waals surface area contributed by atoms with Crippen LogP contribution in [0.25, 0.3) is 0 Å². The van der Waals surface area contributed by atoms with Gasteiger partial charge in [0, 0.05) is 38.0 Å². The number of nitrogens with one attached hydrogen (secondary N) is 2. The molecule has 0 spiro atoms.